The third kappa shape index (κ3) is 4.78. The molecule has 0 aromatic heterocycles. The molecule has 27 heavy (non-hydrogen) atoms. The Morgan fingerprint density at radius 1 is 1.11 bits per heavy atom. The van der Waals surface area contributed by atoms with Crippen molar-refractivity contribution in [1.29, 1.82) is 0 Å². The Balaban J connectivity index is 1.71. The summed E-state index contributed by atoms with van der Waals surface area (Å²) >= 11 is 0. The molecule has 6 heteroatoms. The maximum atomic E-state index is 12.0. The maximum Gasteiger partial charge on any atom is 0.244 e. The highest BCUT2D eigenvalue weighted by Gasteiger charge is 2.19. The van der Waals surface area contributed by atoms with Crippen LogP contribution < -0.4 is 19.8 Å². The SMILES string of the molecule is COc1cc(N2CCCC2)c(OC)cc1/C=N\NC(=O)Cc1ccccc1. The van der Waals surface area contributed by atoms with Crippen molar-refractivity contribution >= 4 is 17.8 Å². The topological polar surface area (TPSA) is 63.2 Å². The van der Waals surface area contributed by atoms with Gasteiger partial charge in [0.1, 0.15) is 11.5 Å². The predicted molar refractivity (Wildman–Crippen MR) is 107 cm³/mol. The largest absolute Gasteiger partial charge is 0.496 e. The minimum atomic E-state index is -0.169. The molecule has 1 fully saturated rings. The fraction of sp³-hybridized carbons (Fsp3) is 0.333. The molecule has 2 aromatic rings. The Morgan fingerprint density at radius 2 is 1.81 bits per heavy atom. The van der Waals surface area contributed by atoms with Gasteiger partial charge in [0.05, 0.1) is 32.5 Å². The Bertz CT molecular complexity index is 800. The van der Waals surface area contributed by atoms with Gasteiger partial charge in [0.25, 0.3) is 0 Å². The molecule has 3 rings (SSSR count). The van der Waals surface area contributed by atoms with Crippen LogP contribution in [0, 0.1) is 0 Å². The number of anilines is 1. The number of methoxy groups -OCH3 is 2. The first kappa shape index (κ1) is 18.8. The third-order valence-electron chi connectivity index (χ3n) is 4.58. The van der Waals surface area contributed by atoms with Gasteiger partial charge in [-0.25, -0.2) is 5.43 Å². The Morgan fingerprint density at radius 3 is 2.48 bits per heavy atom. The fourth-order valence-electron chi connectivity index (χ4n) is 3.21. The zero-order valence-corrected chi connectivity index (χ0v) is 15.8. The molecular formula is C21H25N3O3. The molecule has 0 atom stereocenters. The van der Waals surface area contributed by atoms with Crippen LogP contribution in [0.1, 0.15) is 24.0 Å². The average Bonchev–Trinajstić information content (AvgIpc) is 3.23. The third-order valence-corrected chi connectivity index (χ3v) is 4.58. The van der Waals surface area contributed by atoms with Crippen LogP contribution in [0.4, 0.5) is 5.69 Å². The van der Waals surface area contributed by atoms with Crippen molar-refractivity contribution in [2.75, 3.05) is 32.2 Å². The standard InChI is InChI=1S/C21H25N3O3/c1-26-19-14-18(24-10-6-7-11-24)20(27-2)13-17(19)15-22-23-21(25)12-16-8-4-3-5-9-16/h3-5,8-9,13-15H,6-7,10-12H2,1-2H3,(H,23,25)/b22-15-. The van der Waals surface area contributed by atoms with Crippen molar-refractivity contribution in [2.24, 2.45) is 5.10 Å². The molecule has 1 aliphatic heterocycles. The molecule has 1 N–H and O–H groups in total. The normalized spacial score (nSPS) is 13.8. The number of rotatable bonds is 7. The van der Waals surface area contributed by atoms with Crippen LogP contribution in [0.2, 0.25) is 0 Å². The summed E-state index contributed by atoms with van der Waals surface area (Å²) in [5.41, 5.74) is 5.28. The molecular weight excluding hydrogens is 342 g/mol. The first-order valence-corrected chi connectivity index (χ1v) is 9.08. The van der Waals surface area contributed by atoms with Crippen molar-refractivity contribution in [1.82, 2.24) is 5.43 Å². The van der Waals surface area contributed by atoms with Gasteiger partial charge >= 0.3 is 0 Å². The lowest BCUT2D eigenvalue weighted by Crippen LogP contribution is -2.20. The van der Waals surface area contributed by atoms with E-state index in [1.807, 2.05) is 42.5 Å². The number of carbonyl (C=O) groups is 1. The Kier molecular flexibility index (Phi) is 6.30. The van der Waals surface area contributed by atoms with E-state index in [1.165, 1.54) is 12.8 Å². The molecule has 1 amide bonds. The van der Waals surface area contributed by atoms with Gasteiger partial charge in [-0.05, 0) is 24.5 Å². The number of hydrazone groups is 1. The lowest BCUT2D eigenvalue weighted by atomic mass is 10.1. The molecule has 0 unspecified atom stereocenters. The predicted octanol–water partition coefficient (Wildman–Crippen LogP) is 3.00. The first-order chi connectivity index (χ1) is 13.2. The summed E-state index contributed by atoms with van der Waals surface area (Å²) in [6.07, 6.45) is 4.23. The summed E-state index contributed by atoms with van der Waals surface area (Å²) < 4.78 is 11.1. The van der Waals surface area contributed by atoms with Crippen molar-refractivity contribution in [3.8, 4) is 11.5 Å². The summed E-state index contributed by atoms with van der Waals surface area (Å²) in [4.78, 5) is 14.3. The highest BCUT2D eigenvalue weighted by molar-refractivity contribution is 5.88. The van der Waals surface area contributed by atoms with Crippen LogP contribution >= 0.6 is 0 Å². The van der Waals surface area contributed by atoms with E-state index in [0.717, 1.165) is 35.7 Å². The van der Waals surface area contributed by atoms with E-state index in [4.69, 9.17) is 9.47 Å². The second-order valence-electron chi connectivity index (χ2n) is 6.42. The summed E-state index contributed by atoms with van der Waals surface area (Å²) in [5, 5.41) is 4.08. The number of nitrogens with zero attached hydrogens (tertiary/aromatic N) is 2. The minimum Gasteiger partial charge on any atom is -0.496 e. The van der Waals surface area contributed by atoms with E-state index in [1.54, 1.807) is 20.4 Å². The van der Waals surface area contributed by atoms with Crippen LogP contribution in [0.15, 0.2) is 47.6 Å². The van der Waals surface area contributed by atoms with Gasteiger partial charge in [-0.3, -0.25) is 4.79 Å². The highest BCUT2D eigenvalue weighted by Crippen LogP contribution is 2.36. The highest BCUT2D eigenvalue weighted by atomic mass is 16.5. The summed E-state index contributed by atoms with van der Waals surface area (Å²) in [7, 11) is 3.28. The van der Waals surface area contributed by atoms with Gasteiger partial charge in [0.15, 0.2) is 0 Å². The maximum absolute atomic E-state index is 12.0. The molecule has 0 saturated carbocycles. The lowest BCUT2D eigenvalue weighted by Gasteiger charge is -2.22. The number of nitrogens with one attached hydrogen (secondary N) is 1. The summed E-state index contributed by atoms with van der Waals surface area (Å²) in [6, 6.07) is 13.4. The zero-order chi connectivity index (χ0) is 19.1. The van der Waals surface area contributed by atoms with E-state index < -0.39 is 0 Å². The zero-order valence-electron chi connectivity index (χ0n) is 15.8. The molecule has 0 aliphatic carbocycles. The van der Waals surface area contributed by atoms with Gasteiger partial charge in [-0.15, -0.1) is 0 Å². The van der Waals surface area contributed by atoms with Crippen LogP contribution in [0.3, 0.4) is 0 Å². The molecule has 142 valence electrons. The second kappa shape index (κ2) is 9.07. The number of carbonyl (C=O) groups excluding carboxylic acids is 1. The van der Waals surface area contributed by atoms with Crippen LogP contribution in [0.25, 0.3) is 0 Å². The molecule has 0 radical (unpaired) electrons. The Hall–Kier alpha value is -3.02. The molecule has 1 saturated heterocycles. The molecule has 6 nitrogen and oxygen atoms in total. The van der Waals surface area contributed by atoms with Gasteiger partial charge in [0, 0.05) is 24.7 Å². The lowest BCUT2D eigenvalue weighted by molar-refractivity contribution is -0.120. The van der Waals surface area contributed by atoms with E-state index in [9.17, 15) is 4.79 Å². The molecule has 1 heterocycles. The molecule has 2 aromatic carbocycles. The number of benzene rings is 2. The van der Waals surface area contributed by atoms with Crippen LogP contribution in [-0.4, -0.2) is 39.4 Å². The van der Waals surface area contributed by atoms with Crippen molar-refractivity contribution in [3.05, 3.63) is 53.6 Å². The van der Waals surface area contributed by atoms with Crippen LogP contribution in [-0.2, 0) is 11.2 Å². The van der Waals surface area contributed by atoms with Gasteiger partial charge < -0.3 is 14.4 Å². The number of hydrogen-bond donors (Lipinski definition) is 1. The minimum absolute atomic E-state index is 0.169. The smallest absolute Gasteiger partial charge is 0.244 e. The summed E-state index contributed by atoms with van der Waals surface area (Å²) in [6.45, 7) is 2.03. The van der Waals surface area contributed by atoms with Gasteiger partial charge in [0.2, 0.25) is 5.91 Å². The van der Waals surface area contributed by atoms with E-state index in [-0.39, 0.29) is 12.3 Å². The van der Waals surface area contributed by atoms with E-state index in [2.05, 4.69) is 15.4 Å². The summed E-state index contributed by atoms with van der Waals surface area (Å²) in [5.74, 6) is 1.30. The van der Waals surface area contributed by atoms with Crippen molar-refractivity contribution in [3.63, 3.8) is 0 Å². The molecule has 0 bridgehead atoms. The molecule has 0 spiro atoms. The first-order valence-electron chi connectivity index (χ1n) is 9.08. The van der Waals surface area contributed by atoms with Crippen molar-refractivity contribution in [2.45, 2.75) is 19.3 Å². The van der Waals surface area contributed by atoms with Gasteiger partial charge in [-0.1, -0.05) is 30.3 Å². The van der Waals surface area contributed by atoms with E-state index >= 15 is 0 Å². The monoisotopic (exact) mass is 367 g/mol. The van der Waals surface area contributed by atoms with E-state index in [0.29, 0.717) is 5.75 Å². The van der Waals surface area contributed by atoms with Crippen LogP contribution in [0.5, 0.6) is 11.5 Å². The number of ether oxygens (including phenoxy) is 2. The quantitative estimate of drug-likeness (QED) is 0.604. The second-order valence-corrected chi connectivity index (χ2v) is 6.42. The fourth-order valence-corrected chi connectivity index (χ4v) is 3.21. The number of hydrogen-bond acceptors (Lipinski definition) is 5. The molecule has 1 aliphatic rings. The van der Waals surface area contributed by atoms with Crippen molar-refractivity contribution < 1.29 is 14.3 Å². The number of amides is 1. The van der Waals surface area contributed by atoms with Gasteiger partial charge in [-0.2, -0.15) is 5.10 Å². The average molecular weight is 367 g/mol. The Labute approximate surface area is 159 Å².